The Morgan fingerprint density at radius 1 is 1.46 bits per heavy atom. The van der Waals surface area contributed by atoms with Crippen LogP contribution in [0.1, 0.15) is 43.9 Å². The monoisotopic (exact) mass is 218 g/mol. The van der Waals surface area contributed by atoms with Gasteiger partial charge in [0.1, 0.15) is 10.8 Å². The van der Waals surface area contributed by atoms with Crippen molar-refractivity contribution >= 4 is 23.1 Å². The minimum absolute atomic E-state index is 0.127. The van der Waals surface area contributed by atoms with Gasteiger partial charge in [0, 0.05) is 17.7 Å². The van der Waals surface area contributed by atoms with Gasteiger partial charge < -0.3 is 0 Å². The summed E-state index contributed by atoms with van der Waals surface area (Å²) >= 11 is 7.47. The molecular weight excluding hydrogens is 204 g/mol. The van der Waals surface area contributed by atoms with Crippen molar-refractivity contribution in [3.8, 4) is 0 Å². The van der Waals surface area contributed by atoms with Gasteiger partial charge in [-0.05, 0) is 24.9 Å². The van der Waals surface area contributed by atoms with Crippen molar-refractivity contribution < 1.29 is 0 Å². The summed E-state index contributed by atoms with van der Waals surface area (Å²) in [5, 5.41) is 1.19. The van der Waals surface area contributed by atoms with Crippen molar-refractivity contribution in [2.75, 3.05) is 0 Å². The van der Waals surface area contributed by atoms with Crippen LogP contribution in [0, 0.1) is 0 Å². The molecule has 0 radical (unpaired) electrons. The van der Waals surface area contributed by atoms with E-state index in [4.69, 9.17) is 11.6 Å². The van der Waals surface area contributed by atoms with Crippen LogP contribution in [0.15, 0.2) is 0 Å². The SMILES string of the molecule is CCCc1nsc(C(C)C(C)Cl)n1. The number of aromatic nitrogens is 2. The zero-order chi connectivity index (χ0) is 9.84. The van der Waals surface area contributed by atoms with Crippen molar-refractivity contribution in [2.45, 2.75) is 44.9 Å². The van der Waals surface area contributed by atoms with Crippen LogP contribution in [-0.4, -0.2) is 14.7 Å². The Hall–Kier alpha value is -0.150. The van der Waals surface area contributed by atoms with E-state index in [0.29, 0.717) is 5.92 Å². The van der Waals surface area contributed by atoms with Crippen LogP contribution in [0.3, 0.4) is 0 Å². The van der Waals surface area contributed by atoms with Crippen LogP contribution in [0.2, 0.25) is 0 Å². The number of hydrogen-bond acceptors (Lipinski definition) is 3. The Labute approximate surface area is 88.5 Å². The number of nitrogens with zero attached hydrogens (tertiary/aromatic N) is 2. The van der Waals surface area contributed by atoms with Gasteiger partial charge in [-0.2, -0.15) is 4.37 Å². The first-order valence-electron chi connectivity index (χ1n) is 4.61. The van der Waals surface area contributed by atoms with Gasteiger partial charge in [-0.15, -0.1) is 11.6 Å². The van der Waals surface area contributed by atoms with E-state index in [1.165, 1.54) is 11.5 Å². The Bertz CT molecular complexity index is 260. The van der Waals surface area contributed by atoms with Gasteiger partial charge in [0.05, 0.1) is 0 Å². The Morgan fingerprint density at radius 3 is 2.69 bits per heavy atom. The molecule has 0 saturated carbocycles. The van der Waals surface area contributed by atoms with E-state index in [1.807, 2.05) is 6.92 Å². The molecular formula is C9H15ClN2S. The van der Waals surface area contributed by atoms with Crippen molar-refractivity contribution in [2.24, 2.45) is 0 Å². The zero-order valence-electron chi connectivity index (χ0n) is 8.25. The van der Waals surface area contributed by atoms with Crippen LogP contribution in [0.4, 0.5) is 0 Å². The minimum Gasteiger partial charge on any atom is -0.224 e. The van der Waals surface area contributed by atoms with E-state index in [2.05, 4.69) is 23.2 Å². The third kappa shape index (κ3) is 2.92. The van der Waals surface area contributed by atoms with E-state index in [9.17, 15) is 0 Å². The van der Waals surface area contributed by atoms with Crippen LogP contribution >= 0.6 is 23.1 Å². The average molecular weight is 219 g/mol. The highest BCUT2D eigenvalue weighted by Gasteiger charge is 2.16. The number of aryl methyl sites for hydroxylation is 1. The molecule has 2 nitrogen and oxygen atoms in total. The first kappa shape index (κ1) is 10.9. The Balaban J connectivity index is 2.67. The summed E-state index contributed by atoms with van der Waals surface area (Å²) in [7, 11) is 0. The molecule has 0 aromatic carbocycles. The summed E-state index contributed by atoms with van der Waals surface area (Å²) in [6.07, 6.45) is 2.07. The van der Waals surface area contributed by atoms with Crippen LogP contribution < -0.4 is 0 Å². The van der Waals surface area contributed by atoms with Gasteiger partial charge in [-0.1, -0.05) is 13.8 Å². The molecule has 0 fully saturated rings. The molecule has 0 N–H and O–H groups in total. The maximum absolute atomic E-state index is 5.99. The summed E-state index contributed by atoms with van der Waals surface area (Å²) in [6.45, 7) is 6.22. The molecule has 0 aliphatic carbocycles. The number of rotatable bonds is 4. The molecule has 0 aliphatic heterocycles. The van der Waals surface area contributed by atoms with E-state index < -0.39 is 0 Å². The molecule has 2 unspecified atom stereocenters. The standard InChI is InChI=1S/C9H15ClN2S/c1-4-5-8-11-9(13-12-8)6(2)7(3)10/h6-7H,4-5H2,1-3H3. The van der Waals surface area contributed by atoms with Gasteiger partial charge in [0.25, 0.3) is 0 Å². The molecule has 0 spiro atoms. The molecule has 0 bridgehead atoms. The van der Waals surface area contributed by atoms with E-state index in [0.717, 1.165) is 23.7 Å². The maximum Gasteiger partial charge on any atom is 0.142 e. The van der Waals surface area contributed by atoms with E-state index in [-0.39, 0.29) is 5.38 Å². The molecule has 74 valence electrons. The molecule has 0 amide bonds. The highest BCUT2D eigenvalue weighted by molar-refractivity contribution is 7.05. The first-order valence-corrected chi connectivity index (χ1v) is 5.82. The second kappa shape index (κ2) is 4.91. The maximum atomic E-state index is 5.99. The average Bonchev–Trinajstić information content (AvgIpc) is 2.52. The summed E-state index contributed by atoms with van der Waals surface area (Å²) in [6, 6.07) is 0. The number of halogens is 1. The first-order chi connectivity index (χ1) is 6.15. The molecule has 0 aliphatic rings. The predicted molar refractivity (Wildman–Crippen MR) is 57.6 cm³/mol. The highest BCUT2D eigenvalue weighted by Crippen LogP contribution is 2.24. The second-order valence-electron chi connectivity index (χ2n) is 3.27. The molecule has 13 heavy (non-hydrogen) atoms. The van der Waals surface area contributed by atoms with Crippen LogP contribution in [0.5, 0.6) is 0 Å². The molecule has 1 rings (SSSR count). The smallest absolute Gasteiger partial charge is 0.142 e. The molecule has 1 aromatic rings. The molecule has 0 saturated heterocycles. The van der Waals surface area contributed by atoms with Crippen molar-refractivity contribution in [1.29, 1.82) is 0 Å². The highest BCUT2D eigenvalue weighted by atomic mass is 35.5. The Morgan fingerprint density at radius 2 is 2.15 bits per heavy atom. The fraction of sp³-hybridized carbons (Fsp3) is 0.778. The fourth-order valence-corrected chi connectivity index (χ4v) is 2.02. The number of alkyl halides is 1. The normalized spacial score (nSPS) is 15.7. The molecule has 2 atom stereocenters. The van der Waals surface area contributed by atoms with Crippen molar-refractivity contribution in [3.05, 3.63) is 10.8 Å². The van der Waals surface area contributed by atoms with Gasteiger partial charge in [-0.3, -0.25) is 0 Å². The summed E-state index contributed by atoms with van der Waals surface area (Å²) in [4.78, 5) is 4.44. The van der Waals surface area contributed by atoms with Gasteiger partial charge in [0.15, 0.2) is 0 Å². The summed E-state index contributed by atoms with van der Waals surface area (Å²) in [5.41, 5.74) is 0. The van der Waals surface area contributed by atoms with Crippen LogP contribution in [-0.2, 0) is 6.42 Å². The lowest BCUT2D eigenvalue weighted by atomic mass is 10.1. The van der Waals surface area contributed by atoms with E-state index >= 15 is 0 Å². The molecule has 1 heterocycles. The molecule has 4 heteroatoms. The third-order valence-corrected chi connectivity index (χ3v) is 3.37. The topological polar surface area (TPSA) is 25.8 Å². The summed E-state index contributed by atoms with van der Waals surface area (Å²) < 4.78 is 4.28. The third-order valence-electron chi connectivity index (χ3n) is 2.04. The Kier molecular flexibility index (Phi) is 4.13. The van der Waals surface area contributed by atoms with E-state index in [1.54, 1.807) is 0 Å². The summed E-state index contributed by atoms with van der Waals surface area (Å²) in [5.74, 6) is 1.27. The second-order valence-corrected chi connectivity index (χ2v) is 4.74. The van der Waals surface area contributed by atoms with Crippen molar-refractivity contribution in [3.63, 3.8) is 0 Å². The van der Waals surface area contributed by atoms with Crippen molar-refractivity contribution in [1.82, 2.24) is 9.36 Å². The predicted octanol–water partition coefficient (Wildman–Crippen LogP) is 3.22. The zero-order valence-corrected chi connectivity index (χ0v) is 9.82. The van der Waals surface area contributed by atoms with Gasteiger partial charge >= 0.3 is 0 Å². The quantitative estimate of drug-likeness (QED) is 0.726. The lowest BCUT2D eigenvalue weighted by molar-refractivity contribution is 0.726. The molecule has 1 aromatic heterocycles. The number of hydrogen-bond donors (Lipinski definition) is 0. The minimum atomic E-state index is 0.127. The lowest BCUT2D eigenvalue weighted by Gasteiger charge is -2.08. The van der Waals surface area contributed by atoms with Gasteiger partial charge in [-0.25, -0.2) is 4.98 Å². The van der Waals surface area contributed by atoms with Crippen LogP contribution in [0.25, 0.3) is 0 Å². The largest absolute Gasteiger partial charge is 0.224 e. The fourth-order valence-electron chi connectivity index (χ4n) is 0.974. The van der Waals surface area contributed by atoms with Gasteiger partial charge in [0.2, 0.25) is 0 Å². The lowest BCUT2D eigenvalue weighted by Crippen LogP contribution is -2.04.